The minimum Gasteiger partial charge on any atom is -0.463 e. The van der Waals surface area contributed by atoms with Gasteiger partial charge in [0.15, 0.2) is 11.6 Å². The van der Waals surface area contributed by atoms with Crippen LogP contribution < -0.4 is 9.80 Å². The zero-order valence-electron chi connectivity index (χ0n) is 17.5. The van der Waals surface area contributed by atoms with Gasteiger partial charge < -0.3 is 14.2 Å². The van der Waals surface area contributed by atoms with Gasteiger partial charge in [-0.2, -0.15) is 0 Å². The van der Waals surface area contributed by atoms with Crippen molar-refractivity contribution in [3.63, 3.8) is 0 Å². The van der Waals surface area contributed by atoms with Crippen molar-refractivity contribution in [2.75, 3.05) is 22.9 Å². The van der Waals surface area contributed by atoms with Crippen molar-refractivity contribution in [1.82, 2.24) is 10.2 Å². The average molecular weight is 420 g/mol. The number of halogens is 1. The van der Waals surface area contributed by atoms with Crippen molar-refractivity contribution in [2.45, 2.75) is 38.6 Å². The van der Waals surface area contributed by atoms with Gasteiger partial charge in [-0.3, -0.25) is 4.79 Å². The quantitative estimate of drug-likeness (QED) is 0.626. The molecule has 0 radical (unpaired) electrons. The van der Waals surface area contributed by atoms with Crippen molar-refractivity contribution >= 4 is 17.4 Å². The summed E-state index contributed by atoms with van der Waals surface area (Å²) in [5.41, 5.74) is 2.50. The largest absolute Gasteiger partial charge is 0.463 e. The van der Waals surface area contributed by atoms with E-state index in [1.165, 1.54) is 6.07 Å². The minimum atomic E-state index is -0.242. The van der Waals surface area contributed by atoms with E-state index in [9.17, 15) is 9.18 Å². The van der Waals surface area contributed by atoms with E-state index >= 15 is 0 Å². The Kier molecular flexibility index (Phi) is 5.18. The fourth-order valence-electron chi connectivity index (χ4n) is 4.66. The van der Waals surface area contributed by atoms with E-state index < -0.39 is 0 Å². The molecular formula is C24H25FN4O2. The summed E-state index contributed by atoms with van der Waals surface area (Å²) in [7, 11) is 0. The van der Waals surface area contributed by atoms with Gasteiger partial charge in [0.05, 0.1) is 6.26 Å². The number of anilines is 2. The van der Waals surface area contributed by atoms with Crippen molar-refractivity contribution in [1.29, 1.82) is 0 Å². The van der Waals surface area contributed by atoms with Crippen LogP contribution in [0.4, 0.5) is 15.9 Å². The maximum atomic E-state index is 13.7. The van der Waals surface area contributed by atoms with Crippen LogP contribution in [0.25, 0.3) is 11.5 Å². The first kappa shape index (κ1) is 19.7. The van der Waals surface area contributed by atoms with Gasteiger partial charge in [-0.15, -0.1) is 10.2 Å². The first-order valence-corrected chi connectivity index (χ1v) is 10.8. The molecule has 160 valence electrons. The van der Waals surface area contributed by atoms with Gasteiger partial charge >= 0.3 is 0 Å². The number of piperidine rings is 1. The molecule has 7 heteroatoms. The lowest BCUT2D eigenvalue weighted by atomic mass is 9.90. The molecule has 1 aromatic carbocycles. The normalized spacial score (nSPS) is 19.4. The second-order valence-electron chi connectivity index (χ2n) is 8.38. The number of aromatic nitrogens is 2. The molecule has 6 nitrogen and oxygen atoms in total. The Morgan fingerprint density at radius 3 is 2.65 bits per heavy atom. The number of rotatable bonds is 3. The highest BCUT2D eigenvalue weighted by molar-refractivity contribution is 5.97. The number of fused-ring (bicyclic) bond motifs is 1. The van der Waals surface area contributed by atoms with Gasteiger partial charge in [0, 0.05) is 30.7 Å². The number of aryl methyl sites for hydroxylation is 1. The predicted octanol–water partition coefficient (Wildman–Crippen LogP) is 4.46. The first-order valence-electron chi connectivity index (χ1n) is 10.8. The van der Waals surface area contributed by atoms with Crippen LogP contribution in [-0.2, 0) is 11.2 Å². The summed E-state index contributed by atoms with van der Waals surface area (Å²) in [6.07, 6.45) is 4.81. The Bertz CT molecular complexity index is 1060. The fourth-order valence-corrected chi connectivity index (χ4v) is 4.66. The van der Waals surface area contributed by atoms with Crippen molar-refractivity contribution in [3.05, 3.63) is 60.1 Å². The average Bonchev–Trinajstić information content (AvgIpc) is 3.34. The summed E-state index contributed by atoms with van der Waals surface area (Å²) in [6, 6.07) is 12.4. The molecule has 0 spiro atoms. The Labute approximate surface area is 180 Å². The molecule has 3 aromatic rings. The molecule has 1 amide bonds. The summed E-state index contributed by atoms with van der Waals surface area (Å²) in [5.74, 6) is 1.38. The fraction of sp³-hybridized carbons (Fsp3) is 0.375. The monoisotopic (exact) mass is 420 g/mol. The van der Waals surface area contributed by atoms with Gasteiger partial charge in [-0.1, -0.05) is 0 Å². The number of carbonyl (C=O) groups excluding carboxylic acids is 1. The molecule has 0 saturated carbocycles. The summed E-state index contributed by atoms with van der Waals surface area (Å²) in [5, 5.41) is 8.63. The zero-order chi connectivity index (χ0) is 21.4. The highest BCUT2D eigenvalue weighted by Gasteiger charge is 2.34. The molecule has 2 aliphatic heterocycles. The number of benzene rings is 1. The van der Waals surface area contributed by atoms with E-state index in [1.54, 1.807) is 18.4 Å². The molecule has 0 N–H and O–H groups in total. The third-order valence-electron chi connectivity index (χ3n) is 6.40. The molecule has 31 heavy (non-hydrogen) atoms. The van der Waals surface area contributed by atoms with E-state index in [1.807, 2.05) is 29.2 Å². The van der Waals surface area contributed by atoms with Crippen LogP contribution in [-0.4, -0.2) is 35.2 Å². The van der Waals surface area contributed by atoms with Crippen LogP contribution in [0.2, 0.25) is 0 Å². The lowest BCUT2D eigenvalue weighted by molar-refractivity contribution is -0.123. The minimum absolute atomic E-state index is 0.0370. The van der Waals surface area contributed by atoms with E-state index in [0.717, 1.165) is 55.8 Å². The van der Waals surface area contributed by atoms with Gasteiger partial charge in [0.2, 0.25) is 5.91 Å². The lowest BCUT2D eigenvalue weighted by Crippen LogP contribution is -2.48. The number of nitrogens with zero attached hydrogens (tertiary/aromatic N) is 4. The number of carbonyl (C=O) groups is 1. The second kappa shape index (κ2) is 8.13. The summed E-state index contributed by atoms with van der Waals surface area (Å²) in [6.45, 7) is 3.59. The van der Waals surface area contributed by atoms with Crippen LogP contribution in [0, 0.1) is 11.7 Å². The summed E-state index contributed by atoms with van der Waals surface area (Å²) < 4.78 is 19.0. The molecule has 0 aliphatic carbocycles. The zero-order valence-corrected chi connectivity index (χ0v) is 17.5. The van der Waals surface area contributed by atoms with Crippen molar-refractivity contribution in [2.24, 2.45) is 5.92 Å². The van der Waals surface area contributed by atoms with Crippen LogP contribution in [0.5, 0.6) is 0 Å². The maximum absolute atomic E-state index is 13.7. The smallest absolute Gasteiger partial charge is 0.230 e. The molecule has 4 heterocycles. The number of hydrogen-bond donors (Lipinski definition) is 0. The topological polar surface area (TPSA) is 62.5 Å². The third-order valence-corrected chi connectivity index (χ3v) is 6.40. The van der Waals surface area contributed by atoms with Crippen LogP contribution in [0.3, 0.4) is 0 Å². The molecule has 2 aromatic heterocycles. The predicted molar refractivity (Wildman–Crippen MR) is 116 cm³/mol. The number of amides is 1. The first-order chi connectivity index (χ1) is 15.1. The van der Waals surface area contributed by atoms with Crippen LogP contribution in [0.1, 0.15) is 31.7 Å². The van der Waals surface area contributed by atoms with Crippen LogP contribution in [0.15, 0.2) is 53.1 Å². The van der Waals surface area contributed by atoms with Gasteiger partial charge in [0.25, 0.3) is 0 Å². The highest BCUT2D eigenvalue weighted by atomic mass is 19.1. The lowest BCUT2D eigenvalue weighted by Gasteiger charge is -2.39. The summed E-state index contributed by atoms with van der Waals surface area (Å²) in [4.78, 5) is 17.5. The van der Waals surface area contributed by atoms with E-state index in [4.69, 9.17) is 4.42 Å². The number of furan rings is 1. The molecule has 1 saturated heterocycles. The standard InChI is InChI=1S/C24H25FN4O2/c1-16-4-5-18-15-19(25)6-8-21(18)29(16)24(30)17-10-12-28(13-11-17)23-9-7-20(26-27-23)22-3-2-14-31-22/h2-3,6-9,14-17H,4-5,10-13H2,1H3. The Morgan fingerprint density at radius 1 is 1.10 bits per heavy atom. The van der Waals surface area contributed by atoms with Crippen molar-refractivity contribution < 1.29 is 13.6 Å². The van der Waals surface area contributed by atoms with E-state index in [2.05, 4.69) is 22.0 Å². The SMILES string of the molecule is CC1CCc2cc(F)ccc2N1C(=O)C1CCN(c2ccc(-c3ccco3)nn2)CC1. The second-order valence-corrected chi connectivity index (χ2v) is 8.38. The third kappa shape index (κ3) is 3.80. The molecule has 0 bridgehead atoms. The molecular weight excluding hydrogens is 395 g/mol. The maximum Gasteiger partial charge on any atom is 0.230 e. The Balaban J connectivity index is 1.26. The van der Waals surface area contributed by atoms with E-state index in [0.29, 0.717) is 11.5 Å². The Hall–Kier alpha value is -3.22. The molecule has 1 atom stereocenters. The van der Waals surface area contributed by atoms with Gasteiger partial charge in [0.1, 0.15) is 11.5 Å². The van der Waals surface area contributed by atoms with Gasteiger partial charge in [-0.05, 0) is 80.6 Å². The molecule has 1 fully saturated rings. The summed E-state index contributed by atoms with van der Waals surface area (Å²) >= 11 is 0. The van der Waals surface area contributed by atoms with Crippen molar-refractivity contribution in [3.8, 4) is 11.5 Å². The van der Waals surface area contributed by atoms with Gasteiger partial charge in [-0.25, -0.2) is 4.39 Å². The molecule has 2 aliphatic rings. The molecule has 5 rings (SSSR count). The van der Waals surface area contributed by atoms with E-state index in [-0.39, 0.29) is 23.7 Å². The molecule has 1 unspecified atom stereocenters. The van der Waals surface area contributed by atoms with Crippen LogP contribution >= 0.6 is 0 Å². The Morgan fingerprint density at radius 2 is 1.94 bits per heavy atom. The highest BCUT2D eigenvalue weighted by Crippen LogP contribution is 2.34. The number of hydrogen-bond acceptors (Lipinski definition) is 5.